The van der Waals surface area contributed by atoms with E-state index in [0.717, 1.165) is 26.2 Å². The Balaban J connectivity index is 3.60. The lowest BCUT2D eigenvalue weighted by atomic mass is 10.2. The van der Waals surface area contributed by atoms with Gasteiger partial charge in [-0.25, -0.2) is 0 Å². The van der Waals surface area contributed by atoms with Crippen LogP contribution in [0.5, 0.6) is 0 Å². The summed E-state index contributed by atoms with van der Waals surface area (Å²) in [6.07, 6.45) is 3.97. The molecule has 3 heteroatoms. The molecule has 0 amide bonds. The zero-order chi connectivity index (χ0) is 13.1. The summed E-state index contributed by atoms with van der Waals surface area (Å²) in [6, 6.07) is 0.646. The molecule has 104 valence electrons. The Bertz CT molecular complexity index is 160. The average molecular weight is 243 g/mol. The molecule has 0 aliphatic rings. The van der Waals surface area contributed by atoms with Crippen molar-refractivity contribution in [1.82, 2.24) is 15.1 Å². The smallest absolute Gasteiger partial charge is 0.0195 e. The van der Waals surface area contributed by atoms with Gasteiger partial charge in [-0.05, 0) is 40.5 Å². The van der Waals surface area contributed by atoms with Gasteiger partial charge in [-0.15, -0.1) is 0 Å². The van der Waals surface area contributed by atoms with Crippen molar-refractivity contribution in [2.75, 3.05) is 46.8 Å². The third-order valence-electron chi connectivity index (χ3n) is 3.19. The van der Waals surface area contributed by atoms with E-state index in [2.05, 4.69) is 50.0 Å². The first-order valence-corrected chi connectivity index (χ1v) is 7.21. The molecule has 0 aromatic carbocycles. The molecule has 1 atom stereocenters. The average Bonchev–Trinajstić information content (AvgIpc) is 2.27. The fourth-order valence-electron chi connectivity index (χ4n) is 2.18. The van der Waals surface area contributed by atoms with Gasteiger partial charge in [0.15, 0.2) is 0 Å². The van der Waals surface area contributed by atoms with E-state index in [1.54, 1.807) is 0 Å². The summed E-state index contributed by atoms with van der Waals surface area (Å²) in [5.74, 6) is 0. The summed E-state index contributed by atoms with van der Waals surface area (Å²) in [7, 11) is 4.29. The quantitative estimate of drug-likeness (QED) is 0.560. The van der Waals surface area contributed by atoms with Crippen LogP contribution < -0.4 is 5.32 Å². The molecule has 0 saturated heterocycles. The second kappa shape index (κ2) is 11.0. The van der Waals surface area contributed by atoms with Crippen molar-refractivity contribution in [2.45, 2.75) is 46.1 Å². The van der Waals surface area contributed by atoms with Crippen molar-refractivity contribution in [2.24, 2.45) is 0 Å². The third-order valence-corrected chi connectivity index (χ3v) is 3.19. The van der Waals surface area contributed by atoms with Gasteiger partial charge in [0.1, 0.15) is 0 Å². The molecule has 1 N–H and O–H groups in total. The van der Waals surface area contributed by atoms with E-state index >= 15 is 0 Å². The zero-order valence-corrected chi connectivity index (χ0v) is 12.6. The predicted octanol–water partition coefficient (Wildman–Crippen LogP) is 2.04. The minimum absolute atomic E-state index is 0.646. The fraction of sp³-hybridized carbons (Fsp3) is 1.00. The largest absolute Gasteiger partial charge is 0.315 e. The standard InChI is InChI=1S/C14H33N3/c1-6-8-9-10-15-11-12-17(7-2)14(3)13-16(4)5/h14-15H,6-13H2,1-5H3. The Labute approximate surface area is 109 Å². The van der Waals surface area contributed by atoms with E-state index < -0.39 is 0 Å². The van der Waals surface area contributed by atoms with Crippen molar-refractivity contribution in [1.29, 1.82) is 0 Å². The van der Waals surface area contributed by atoms with Crippen molar-refractivity contribution in [3.63, 3.8) is 0 Å². The molecule has 17 heavy (non-hydrogen) atoms. The Kier molecular flexibility index (Phi) is 10.9. The molecule has 0 aliphatic carbocycles. The molecule has 1 unspecified atom stereocenters. The Hall–Kier alpha value is -0.120. The number of nitrogens with one attached hydrogen (secondary N) is 1. The number of hydrogen-bond acceptors (Lipinski definition) is 3. The Morgan fingerprint density at radius 3 is 2.29 bits per heavy atom. The highest BCUT2D eigenvalue weighted by molar-refractivity contribution is 4.69. The van der Waals surface area contributed by atoms with Gasteiger partial charge in [-0.3, -0.25) is 4.90 Å². The molecule has 0 saturated carbocycles. The van der Waals surface area contributed by atoms with Gasteiger partial charge in [0, 0.05) is 25.7 Å². The molecule has 0 radical (unpaired) electrons. The maximum atomic E-state index is 3.54. The van der Waals surface area contributed by atoms with Crippen LogP contribution in [0.2, 0.25) is 0 Å². The number of likely N-dealkylation sites (N-methyl/N-ethyl adjacent to an activating group) is 2. The van der Waals surface area contributed by atoms with Crippen LogP contribution in [0.15, 0.2) is 0 Å². The lowest BCUT2D eigenvalue weighted by molar-refractivity contribution is 0.182. The monoisotopic (exact) mass is 243 g/mol. The third kappa shape index (κ3) is 9.57. The van der Waals surface area contributed by atoms with Crippen molar-refractivity contribution in [3.8, 4) is 0 Å². The summed E-state index contributed by atoms with van der Waals surface area (Å²) >= 11 is 0. The summed E-state index contributed by atoms with van der Waals surface area (Å²) in [5, 5.41) is 3.54. The first-order valence-electron chi connectivity index (χ1n) is 7.21. The predicted molar refractivity (Wildman–Crippen MR) is 77.7 cm³/mol. The summed E-state index contributed by atoms with van der Waals surface area (Å²) < 4.78 is 0. The first-order chi connectivity index (χ1) is 8.11. The second-order valence-electron chi connectivity index (χ2n) is 5.20. The SMILES string of the molecule is CCCCCNCCN(CC)C(C)CN(C)C. The minimum atomic E-state index is 0.646. The highest BCUT2D eigenvalue weighted by Crippen LogP contribution is 1.99. The van der Waals surface area contributed by atoms with Gasteiger partial charge in [0.25, 0.3) is 0 Å². The van der Waals surface area contributed by atoms with Crippen LogP contribution in [-0.2, 0) is 0 Å². The lowest BCUT2D eigenvalue weighted by Crippen LogP contribution is -2.43. The van der Waals surface area contributed by atoms with Gasteiger partial charge in [0.05, 0.1) is 0 Å². The number of rotatable bonds is 11. The van der Waals surface area contributed by atoms with Crippen LogP contribution in [0.25, 0.3) is 0 Å². The van der Waals surface area contributed by atoms with Crippen LogP contribution in [-0.4, -0.2) is 62.7 Å². The Morgan fingerprint density at radius 2 is 1.76 bits per heavy atom. The van der Waals surface area contributed by atoms with Crippen molar-refractivity contribution < 1.29 is 0 Å². The van der Waals surface area contributed by atoms with E-state index in [-0.39, 0.29) is 0 Å². The van der Waals surface area contributed by atoms with Crippen LogP contribution in [0.1, 0.15) is 40.0 Å². The maximum Gasteiger partial charge on any atom is 0.0195 e. The van der Waals surface area contributed by atoms with E-state index in [9.17, 15) is 0 Å². The van der Waals surface area contributed by atoms with E-state index in [1.165, 1.54) is 25.8 Å². The molecule has 0 aromatic heterocycles. The summed E-state index contributed by atoms with van der Waals surface area (Å²) in [5.41, 5.74) is 0. The fourth-order valence-corrected chi connectivity index (χ4v) is 2.18. The van der Waals surface area contributed by atoms with Gasteiger partial charge in [-0.1, -0.05) is 26.7 Å². The molecule has 0 heterocycles. The normalized spacial score (nSPS) is 13.6. The van der Waals surface area contributed by atoms with Crippen LogP contribution in [0.4, 0.5) is 0 Å². The Morgan fingerprint density at radius 1 is 1.06 bits per heavy atom. The van der Waals surface area contributed by atoms with Gasteiger partial charge in [0.2, 0.25) is 0 Å². The molecule has 0 bridgehead atoms. The molecule has 0 fully saturated rings. The van der Waals surface area contributed by atoms with E-state index in [0.29, 0.717) is 6.04 Å². The zero-order valence-electron chi connectivity index (χ0n) is 12.6. The van der Waals surface area contributed by atoms with Crippen molar-refractivity contribution >= 4 is 0 Å². The van der Waals surface area contributed by atoms with Crippen molar-refractivity contribution in [3.05, 3.63) is 0 Å². The molecule has 0 aliphatic heterocycles. The second-order valence-corrected chi connectivity index (χ2v) is 5.20. The highest BCUT2D eigenvalue weighted by atomic mass is 15.2. The van der Waals surface area contributed by atoms with Gasteiger partial charge >= 0.3 is 0 Å². The molecule has 0 spiro atoms. The maximum absolute atomic E-state index is 3.54. The molecule has 0 rings (SSSR count). The number of unbranched alkanes of at least 4 members (excludes halogenated alkanes) is 2. The first kappa shape index (κ1) is 16.9. The molecule has 3 nitrogen and oxygen atoms in total. The van der Waals surface area contributed by atoms with E-state index in [1.807, 2.05) is 0 Å². The minimum Gasteiger partial charge on any atom is -0.315 e. The number of hydrogen-bond donors (Lipinski definition) is 1. The molecular formula is C14H33N3. The van der Waals surface area contributed by atoms with Crippen LogP contribution in [0.3, 0.4) is 0 Å². The van der Waals surface area contributed by atoms with Crippen LogP contribution in [0, 0.1) is 0 Å². The number of nitrogens with zero attached hydrogens (tertiary/aromatic N) is 2. The molecule has 0 aromatic rings. The summed E-state index contributed by atoms with van der Waals surface area (Å²) in [6.45, 7) is 12.6. The molecular weight excluding hydrogens is 210 g/mol. The van der Waals surface area contributed by atoms with Crippen LogP contribution >= 0.6 is 0 Å². The van der Waals surface area contributed by atoms with Gasteiger partial charge in [-0.2, -0.15) is 0 Å². The van der Waals surface area contributed by atoms with Gasteiger partial charge < -0.3 is 10.2 Å². The van der Waals surface area contributed by atoms with E-state index in [4.69, 9.17) is 0 Å². The lowest BCUT2D eigenvalue weighted by Gasteiger charge is -2.30. The topological polar surface area (TPSA) is 18.5 Å². The summed E-state index contributed by atoms with van der Waals surface area (Å²) in [4.78, 5) is 4.81. The highest BCUT2D eigenvalue weighted by Gasteiger charge is 2.11.